The lowest BCUT2D eigenvalue weighted by atomic mass is 9.96. The molecule has 0 spiro atoms. The molecule has 1 rings (SSSR count). The van der Waals surface area contributed by atoms with Gasteiger partial charge in [-0.25, -0.2) is 0 Å². The lowest BCUT2D eigenvalue weighted by Gasteiger charge is -2.30. The summed E-state index contributed by atoms with van der Waals surface area (Å²) in [6.07, 6.45) is 8.01. The van der Waals surface area contributed by atoms with Crippen LogP contribution in [0, 0.1) is 18.4 Å². The second kappa shape index (κ2) is 5.33. The Bertz CT molecular complexity index is 298. The van der Waals surface area contributed by atoms with E-state index in [1.165, 1.54) is 0 Å². The smallest absolute Gasteiger partial charge is 0.146 e. The summed E-state index contributed by atoms with van der Waals surface area (Å²) in [5.74, 6) is 0.671. The van der Waals surface area contributed by atoms with Crippen molar-refractivity contribution in [3.8, 4) is 12.5 Å². The highest BCUT2D eigenvalue weighted by Gasteiger charge is 2.41. The Kier molecular flexibility index (Phi) is 4.34. The molecule has 1 aliphatic heterocycles. The van der Waals surface area contributed by atoms with Gasteiger partial charge in [0.2, 0.25) is 0 Å². The van der Waals surface area contributed by atoms with Crippen molar-refractivity contribution in [1.82, 2.24) is 10.4 Å². The van der Waals surface area contributed by atoms with Gasteiger partial charge in [0.25, 0.3) is 0 Å². The number of rotatable bonds is 4. The monoisotopic (exact) mass is 224 g/mol. The van der Waals surface area contributed by atoms with Crippen molar-refractivity contribution in [3.05, 3.63) is 0 Å². The third-order valence-electron chi connectivity index (χ3n) is 3.43. The van der Waals surface area contributed by atoms with Crippen molar-refractivity contribution in [3.63, 3.8) is 0 Å². The number of carbonyl (C=O) groups is 1. The van der Waals surface area contributed by atoms with E-state index in [0.29, 0.717) is 5.92 Å². The van der Waals surface area contributed by atoms with Crippen molar-refractivity contribution in [1.29, 1.82) is 0 Å². The summed E-state index contributed by atoms with van der Waals surface area (Å²) in [6.45, 7) is 5.81. The normalized spacial score (nSPS) is 32.1. The summed E-state index contributed by atoms with van der Waals surface area (Å²) < 4.78 is 0. The van der Waals surface area contributed by atoms with Gasteiger partial charge < -0.3 is 4.84 Å². The fraction of sp³-hybridized carbons (Fsp3) is 0.750. The van der Waals surface area contributed by atoms with Crippen LogP contribution in [-0.2, 0) is 9.63 Å². The molecular weight excluding hydrogens is 204 g/mol. The predicted octanol–water partition coefficient (Wildman–Crippen LogP) is 0.785. The quantitative estimate of drug-likeness (QED) is 0.566. The van der Waals surface area contributed by atoms with Crippen LogP contribution < -0.4 is 5.48 Å². The maximum absolute atomic E-state index is 11.5. The van der Waals surface area contributed by atoms with Crippen LogP contribution in [0.25, 0.3) is 0 Å². The lowest BCUT2D eigenvalue weighted by Crippen LogP contribution is -2.48. The topological polar surface area (TPSA) is 41.6 Å². The van der Waals surface area contributed by atoms with Crippen molar-refractivity contribution in [2.45, 2.75) is 45.3 Å². The summed E-state index contributed by atoms with van der Waals surface area (Å²) in [4.78, 5) is 18.3. The van der Waals surface area contributed by atoms with E-state index in [4.69, 9.17) is 11.3 Å². The van der Waals surface area contributed by atoms with Crippen molar-refractivity contribution in [2.75, 3.05) is 7.05 Å². The van der Waals surface area contributed by atoms with Crippen LogP contribution in [0.3, 0.4) is 0 Å². The highest BCUT2D eigenvalue weighted by Crippen LogP contribution is 2.30. The fourth-order valence-corrected chi connectivity index (χ4v) is 2.76. The van der Waals surface area contributed by atoms with E-state index in [0.717, 1.165) is 6.42 Å². The van der Waals surface area contributed by atoms with E-state index in [1.807, 2.05) is 14.0 Å². The van der Waals surface area contributed by atoms with Crippen molar-refractivity contribution >= 4 is 5.78 Å². The second-order valence-corrected chi connectivity index (χ2v) is 4.62. The molecule has 0 aliphatic carbocycles. The van der Waals surface area contributed by atoms with E-state index in [2.05, 4.69) is 23.4 Å². The second-order valence-electron chi connectivity index (χ2n) is 4.62. The molecule has 90 valence electrons. The van der Waals surface area contributed by atoms with Crippen molar-refractivity contribution < 1.29 is 9.63 Å². The van der Waals surface area contributed by atoms with Gasteiger partial charge in [-0.15, -0.1) is 5.48 Å². The standard InChI is InChI=1S/C12H20N2O2/c1-6-16-13-9(3)12-8(2)7-11(10(4)15)14(12)5/h1,8-9,11-13H,7H2,2-5H3. The molecule has 1 saturated heterocycles. The Morgan fingerprint density at radius 1 is 1.69 bits per heavy atom. The largest absolute Gasteiger partial charge is 0.356 e. The maximum Gasteiger partial charge on any atom is 0.146 e. The number of carbonyl (C=O) groups excluding carboxylic acids is 1. The highest BCUT2D eigenvalue weighted by atomic mass is 16.6. The van der Waals surface area contributed by atoms with Crippen LogP contribution in [0.5, 0.6) is 0 Å². The molecule has 0 amide bonds. The van der Waals surface area contributed by atoms with Crippen LogP contribution in [0.1, 0.15) is 27.2 Å². The first-order valence-electron chi connectivity index (χ1n) is 5.58. The zero-order valence-corrected chi connectivity index (χ0v) is 10.4. The minimum absolute atomic E-state index is 0.0232. The number of nitrogens with zero attached hydrogens (tertiary/aromatic N) is 1. The summed E-state index contributed by atoms with van der Waals surface area (Å²) in [7, 11) is 1.98. The van der Waals surface area contributed by atoms with E-state index >= 15 is 0 Å². The maximum atomic E-state index is 11.5. The number of Topliss-reactive ketones (excluding diaryl/α,β-unsaturated/α-hetero) is 1. The number of likely N-dealkylation sites (tertiary alicyclic amines) is 1. The SMILES string of the molecule is C#CONC(C)C1C(C)CC(C(C)=O)N1C. The van der Waals surface area contributed by atoms with Gasteiger partial charge >= 0.3 is 0 Å². The third-order valence-corrected chi connectivity index (χ3v) is 3.43. The molecule has 1 heterocycles. The van der Waals surface area contributed by atoms with E-state index in [-0.39, 0.29) is 23.9 Å². The highest BCUT2D eigenvalue weighted by molar-refractivity contribution is 5.81. The molecule has 4 nitrogen and oxygen atoms in total. The molecule has 1 fully saturated rings. The first kappa shape index (κ1) is 13.0. The molecule has 1 N–H and O–H groups in total. The number of hydrogen-bond donors (Lipinski definition) is 1. The number of likely N-dealkylation sites (N-methyl/N-ethyl adjacent to an activating group) is 1. The third kappa shape index (κ3) is 2.55. The van der Waals surface area contributed by atoms with Gasteiger partial charge in [0, 0.05) is 6.04 Å². The number of hydrogen-bond acceptors (Lipinski definition) is 4. The number of terminal acetylenes is 1. The number of nitrogens with one attached hydrogen (secondary N) is 1. The molecule has 0 saturated carbocycles. The molecule has 4 unspecified atom stereocenters. The van der Waals surface area contributed by atoms with E-state index in [1.54, 1.807) is 6.92 Å². The molecular formula is C12H20N2O2. The number of ketones is 1. The van der Waals surface area contributed by atoms with Gasteiger partial charge in [-0.05, 0) is 33.2 Å². The van der Waals surface area contributed by atoms with Crippen LogP contribution in [0.15, 0.2) is 0 Å². The number of hydroxylamine groups is 1. The molecule has 0 radical (unpaired) electrons. The Balaban J connectivity index is 2.67. The molecule has 16 heavy (non-hydrogen) atoms. The van der Waals surface area contributed by atoms with E-state index in [9.17, 15) is 4.79 Å². The van der Waals surface area contributed by atoms with Gasteiger partial charge in [0.15, 0.2) is 0 Å². The van der Waals surface area contributed by atoms with Crippen LogP contribution in [-0.4, -0.2) is 35.9 Å². The van der Waals surface area contributed by atoms with Crippen LogP contribution >= 0.6 is 0 Å². The lowest BCUT2D eigenvalue weighted by molar-refractivity contribution is -0.121. The summed E-state index contributed by atoms with van der Waals surface area (Å²) in [5.41, 5.74) is 2.81. The van der Waals surface area contributed by atoms with Gasteiger partial charge in [-0.3, -0.25) is 9.69 Å². The molecule has 0 aromatic carbocycles. The first-order chi connectivity index (χ1) is 7.49. The minimum atomic E-state index is 0.0232. The molecule has 0 bridgehead atoms. The summed E-state index contributed by atoms with van der Waals surface area (Å²) in [6, 6.07) is 0.387. The average molecular weight is 224 g/mol. The Hall–Kier alpha value is -1.05. The van der Waals surface area contributed by atoms with Gasteiger partial charge in [0.05, 0.1) is 12.1 Å². The Morgan fingerprint density at radius 2 is 2.31 bits per heavy atom. The zero-order valence-electron chi connectivity index (χ0n) is 10.4. The van der Waals surface area contributed by atoms with Gasteiger partial charge in [-0.2, -0.15) is 0 Å². The van der Waals surface area contributed by atoms with Crippen LogP contribution in [0.2, 0.25) is 0 Å². The van der Waals surface area contributed by atoms with E-state index < -0.39 is 0 Å². The molecule has 0 aromatic rings. The Morgan fingerprint density at radius 3 is 2.75 bits per heavy atom. The van der Waals surface area contributed by atoms with Crippen molar-refractivity contribution in [2.24, 2.45) is 5.92 Å². The summed E-state index contributed by atoms with van der Waals surface area (Å²) >= 11 is 0. The van der Waals surface area contributed by atoms with Crippen LogP contribution in [0.4, 0.5) is 0 Å². The molecule has 4 atom stereocenters. The fourth-order valence-electron chi connectivity index (χ4n) is 2.76. The molecule has 1 aliphatic rings. The van der Waals surface area contributed by atoms with Gasteiger partial charge in [-0.1, -0.05) is 13.3 Å². The summed E-state index contributed by atoms with van der Waals surface area (Å²) in [5, 5.41) is 0. The molecule has 4 heteroatoms. The van der Waals surface area contributed by atoms with Gasteiger partial charge in [0.1, 0.15) is 11.9 Å². The zero-order chi connectivity index (χ0) is 12.3. The Labute approximate surface area is 97.3 Å². The minimum Gasteiger partial charge on any atom is -0.356 e. The molecule has 0 aromatic heterocycles. The predicted molar refractivity (Wildman–Crippen MR) is 62.3 cm³/mol. The first-order valence-corrected chi connectivity index (χ1v) is 5.58. The average Bonchev–Trinajstić information content (AvgIpc) is 2.51.